The van der Waals surface area contributed by atoms with Gasteiger partial charge in [0.1, 0.15) is 0 Å². The number of anilines is 1. The molecular weight excluding hydrogens is 242 g/mol. The molecule has 1 aromatic carbocycles. The number of likely N-dealkylation sites (N-methyl/N-ethyl adjacent to an activating group) is 1. The van der Waals surface area contributed by atoms with Gasteiger partial charge in [-0.1, -0.05) is 12.1 Å². The molecule has 0 radical (unpaired) electrons. The molecule has 0 saturated heterocycles. The van der Waals surface area contributed by atoms with Gasteiger partial charge in [-0.3, -0.25) is 9.59 Å². The van der Waals surface area contributed by atoms with Crippen molar-refractivity contribution in [1.82, 2.24) is 5.32 Å². The van der Waals surface area contributed by atoms with Crippen molar-refractivity contribution < 1.29 is 9.59 Å². The summed E-state index contributed by atoms with van der Waals surface area (Å²) in [4.78, 5) is 24.8. The molecule has 0 aliphatic carbocycles. The van der Waals surface area contributed by atoms with Crippen LogP contribution in [0.5, 0.6) is 0 Å². The Labute approximate surface area is 112 Å². The summed E-state index contributed by atoms with van der Waals surface area (Å²) in [5, 5.41) is 2.85. The molecular formula is C14H19N3O2. The Morgan fingerprint density at radius 2 is 2.11 bits per heavy atom. The number of benzene rings is 1. The van der Waals surface area contributed by atoms with Crippen LogP contribution >= 0.6 is 0 Å². The third kappa shape index (κ3) is 2.61. The van der Waals surface area contributed by atoms with Crippen molar-refractivity contribution in [2.24, 2.45) is 5.73 Å². The van der Waals surface area contributed by atoms with Gasteiger partial charge in [-0.15, -0.1) is 0 Å². The second-order valence-corrected chi connectivity index (χ2v) is 5.04. The molecule has 1 aliphatic rings. The van der Waals surface area contributed by atoms with E-state index in [0.29, 0.717) is 6.42 Å². The van der Waals surface area contributed by atoms with Crippen LogP contribution in [-0.4, -0.2) is 24.9 Å². The van der Waals surface area contributed by atoms with Gasteiger partial charge >= 0.3 is 0 Å². The molecule has 0 fully saturated rings. The monoisotopic (exact) mass is 261 g/mol. The van der Waals surface area contributed by atoms with E-state index in [1.165, 1.54) is 0 Å². The fraction of sp³-hybridized carbons (Fsp3) is 0.429. The molecule has 5 heteroatoms. The molecule has 5 nitrogen and oxygen atoms in total. The molecule has 0 spiro atoms. The van der Waals surface area contributed by atoms with Gasteiger partial charge in [-0.05, 0) is 31.0 Å². The number of amides is 2. The lowest BCUT2D eigenvalue weighted by atomic mass is 10.0. The van der Waals surface area contributed by atoms with Gasteiger partial charge in [0.2, 0.25) is 11.8 Å². The normalized spacial score (nSPS) is 17.1. The summed E-state index contributed by atoms with van der Waals surface area (Å²) in [6, 6.07) is 5.18. The molecule has 0 saturated carbocycles. The van der Waals surface area contributed by atoms with Gasteiger partial charge in [-0.2, -0.15) is 0 Å². The van der Waals surface area contributed by atoms with E-state index >= 15 is 0 Å². The van der Waals surface area contributed by atoms with Crippen LogP contribution in [0, 0.1) is 0 Å². The molecule has 102 valence electrons. The van der Waals surface area contributed by atoms with E-state index in [1.807, 2.05) is 25.1 Å². The number of hydrogen-bond donors (Lipinski definition) is 2. The van der Waals surface area contributed by atoms with Gasteiger partial charge in [-0.25, -0.2) is 0 Å². The number of nitrogens with zero attached hydrogens (tertiary/aromatic N) is 1. The third-order valence-electron chi connectivity index (χ3n) is 3.45. The molecule has 2 amide bonds. The highest BCUT2D eigenvalue weighted by atomic mass is 16.2. The van der Waals surface area contributed by atoms with Crippen molar-refractivity contribution in [3.63, 3.8) is 0 Å². The number of rotatable bonds is 3. The topological polar surface area (TPSA) is 75.4 Å². The minimum Gasteiger partial charge on any atom is -0.348 e. The zero-order valence-corrected chi connectivity index (χ0v) is 11.4. The van der Waals surface area contributed by atoms with Gasteiger partial charge in [0.25, 0.3) is 0 Å². The summed E-state index contributed by atoms with van der Waals surface area (Å²) in [5.74, 6) is -0.0828. The van der Waals surface area contributed by atoms with Gasteiger partial charge in [0.05, 0.1) is 18.5 Å². The van der Waals surface area contributed by atoms with Crippen LogP contribution in [0.15, 0.2) is 18.2 Å². The summed E-state index contributed by atoms with van der Waals surface area (Å²) in [6.07, 6.45) is 0.424. The molecule has 1 unspecified atom stereocenters. The molecule has 2 rings (SSSR count). The van der Waals surface area contributed by atoms with Crippen molar-refractivity contribution >= 4 is 17.5 Å². The molecule has 1 aromatic rings. The average Bonchev–Trinajstić information content (AvgIpc) is 2.64. The Balaban J connectivity index is 2.17. The molecule has 19 heavy (non-hydrogen) atoms. The fourth-order valence-corrected chi connectivity index (χ4v) is 2.19. The molecule has 1 aliphatic heterocycles. The van der Waals surface area contributed by atoms with Crippen LogP contribution in [0.3, 0.4) is 0 Å². The first-order valence-corrected chi connectivity index (χ1v) is 6.35. The average molecular weight is 261 g/mol. The number of carbonyl (C=O) groups is 2. The maximum Gasteiger partial charge on any atom is 0.237 e. The van der Waals surface area contributed by atoms with Crippen molar-refractivity contribution in [1.29, 1.82) is 0 Å². The summed E-state index contributed by atoms with van der Waals surface area (Å²) in [5.41, 5.74) is 8.46. The highest BCUT2D eigenvalue weighted by Gasteiger charge is 2.24. The first-order chi connectivity index (χ1) is 8.90. The Hall–Kier alpha value is -1.88. The lowest BCUT2D eigenvalue weighted by Crippen LogP contribution is -2.39. The largest absolute Gasteiger partial charge is 0.348 e. The summed E-state index contributed by atoms with van der Waals surface area (Å²) in [6.45, 7) is 3.56. The van der Waals surface area contributed by atoms with E-state index in [9.17, 15) is 9.59 Å². The Bertz CT molecular complexity index is 525. The van der Waals surface area contributed by atoms with Crippen molar-refractivity contribution in [3.05, 3.63) is 29.3 Å². The number of carbonyl (C=O) groups excluding carboxylic acids is 2. The minimum atomic E-state index is -0.524. The molecule has 0 bridgehead atoms. The highest BCUT2D eigenvalue weighted by Crippen LogP contribution is 2.30. The number of fused-ring (bicyclic) bond motifs is 1. The van der Waals surface area contributed by atoms with E-state index in [0.717, 1.165) is 16.8 Å². The SMILES string of the molecule is CC(NC(=O)[C@@H](C)N)c1ccc2c(c1)CC(=O)N2C. The van der Waals surface area contributed by atoms with E-state index < -0.39 is 6.04 Å². The Kier molecular flexibility index (Phi) is 3.57. The zero-order chi connectivity index (χ0) is 14.2. The second-order valence-electron chi connectivity index (χ2n) is 5.04. The summed E-state index contributed by atoms with van der Waals surface area (Å²) in [7, 11) is 1.77. The van der Waals surface area contributed by atoms with Crippen molar-refractivity contribution in [2.75, 3.05) is 11.9 Å². The van der Waals surface area contributed by atoms with E-state index in [2.05, 4.69) is 5.32 Å². The first kappa shape index (κ1) is 13.5. The lowest BCUT2D eigenvalue weighted by molar-refractivity contribution is -0.122. The Morgan fingerprint density at radius 3 is 2.74 bits per heavy atom. The van der Waals surface area contributed by atoms with Crippen LogP contribution in [0.2, 0.25) is 0 Å². The van der Waals surface area contributed by atoms with Crippen LogP contribution in [0.25, 0.3) is 0 Å². The van der Waals surface area contributed by atoms with Crippen LogP contribution in [0.1, 0.15) is 31.0 Å². The van der Waals surface area contributed by atoms with Crippen molar-refractivity contribution in [3.8, 4) is 0 Å². The smallest absolute Gasteiger partial charge is 0.237 e. The number of nitrogens with one attached hydrogen (secondary N) is 1. The zero-order valence-electron chi connectivity index (χ0n) is 11.4. The Morgan fingerprint density at radius 1 is 1.42 bits per heavy atom. The predicted octanol–water partition coefficient (Wildman–Crippen LogP) is 0.730. The van der Waals surface area contributed by atoms with E-state index in [1.54, 1.807) is 18.9 Å². The van der Waals surface area contributed by atoms with Crippen LogP contribution < -0.4 is 16.0 Å². The highest BCUT2D eigenvalue weighted by molar-refractivity contribution is 6.00. The molecule has 2 atom stereocenters. The van der Waals surface area contributed by atoms with E-state index in [-0.39, 0.29) is 17.9 Å². The van der Waals surface area contributed by atoms with Crippen LogP contribution in [-0.2, 0) is 16.0 Å². The molecule has 0 aromatic heterocycles. The van der Waals surface area contributed by atoms with Crippen LogP contribution in [0.4, 0.5) is 5.69 Å². The van der Waals surface area contributed by atoms with Crippen molar-refractivity contribution in [2.45, 2.75) is 32.4 Å². The third-order valence-corrected chi connectivity index (χ3v) is 3.45. The summed E-state index contributed by atoms with van der Waals surface area (Å²) < 4.78 is 0. The maximum atomic E-state index is 11.6. The lowest BCUT2D eigenvalue weighted by Gasteiger charge is -2.17. The number of nitrogens with two attached hydrogens (primary N) is 1. The van der Waals surface area contributed by atoms with E-state index in [4.69, 9.17) is 5.73 Å². The first-order valence-electron chi connectivity index (χ1n) is 6.35. The molecule has 1 heterocycles. The molecule has 3 N–H and O–H groups in total. The van der Waals surface area contributed by atoms with Gasteiger partial charge in [0.15, 0.2) is 0 Å². The second kappa shape index (κ2) is 5.01. The minimum absolute atomic E-state index is 0.0967. The number of hydrogen-bond acceptors (Lipinski definition) is 3. The summed E-state index contributed by atoms with van der Waals surface area (Å²) >= 11 is 0. The van der Waals surface area contributed by atoms with Gasteiger partial charge in [0, 0.05) is 12.7 Å². The maximum absolute atomic E-state index is 11.6. The van der Waals surface area contributed by atoms with Gasteiger partial charge < -0.3 is 16.0 Å². The fourth-order valence-electron chi connectivity index (χ4n) is 2.19. The standard InChI is InChI=1S/C14H19N3O2/c1-8(15)14(19)16-9(2)10-4-5-12-11(6-10)7-13(18)17(12)3/h4-6,8-9H,7,15H2,1-3H3,(H,16,19)/t8-,9?/m1/s1. The predicted molar refractivity (Wildman–Crippen MR) is 73.8 cm³/mol. The quantitative estimate of drug-likeness (QED) is 0.842.